The molecule has 5 heteroatoms. The van der Waals surface area contributed by atoms with Gasteiger partial charge in [-0.3, -0.25) is 4.79 Å². The van der Waals surface area contributed by atoms with Crippen molar-refractivity contribution in [3.05, 3.63) is 0 Å². The summed E-state index contributed by atoms with van der Waals surface area (Å²) in [5.41, 5.74) is 5.67. The molecular formula is C11H24N2O2S. The van der Waals surface area contributed by atoms with E-state index in [1.807, 2.05) is 11.8 Å². The maximum atomic E-state index is 11.2. The van der Waals surface area contributed by atoms with Gasteiger partial charge in [0.1, 0.15) is 6.04 Å². The van der Waals surface area contributed by atoms with E-state index in [1.165, 1.54) is 6.42 Å². The minimum absolute atomic E-state index is 0.281. The van der Waals surface area contributed by atoms with E-state index >= 15 is 0 Å². The highest BCUT2D eigenvalue weighted by Crippen LogP contribution is 2.06. The third kappa shape index (κ3) is 9.00. The second kappa shape index (κ2) is 9.93. The fourth-order valence-electron chi connectivity index (χ4n) is 1.16. The lowest BCUT2D eigenvalue weighted by Gasteiger charge is -2.11. The number of hydrogen-bond acceptors (Lipinski definition) is 5. The summed E-state index contributed by atoms with van der Waals surface area (Å²) >= 11 is 1.84. The van der Waals surface area contributed by atoms with Gasteiger partial charge in [-0.05, 0) is 51.9 Å². The first kappa shape index (κ1) is 15.7. The van der Waals surface area contributed by atoms with E-state index in [0.717, 1.165) is 18.1 Å². The molecule has 0 aliphatic carbocycles. The Bertz CT molecular complexity index is 189. The summed E-state index contributed by atoms with van der Waals surface area (Å²) in [5, 5.41) is 0. The molecule has 0 rings (SSSR count). The average Bonchev–Trinajstić information content (AvgIpc) is 2.22. The fourth-order valence-corrected chi connectivity index (χ4v) is 2.12. The van der Waals surface area contributed by atoms with Crippen LogP contribution in [-0.2, 0) is 9.53 Å². The lowest BCUT2D eigenvalue weighted by atomic mass is 10.2. The molecule has 0 aromatic heterocycles. The summed E-state index contributed by atoms with van der Waals surface area (Å²) in [7, 11) is 4.14. The van der Waals surface area contributed by atoms with Crippen LogP contribution in [0.2, 0.25) is 0 Å². The van der Waals surface area contributed by atoms with E-state index in [0.29, 0.717) is 13.0 Å². The minimum atomic E-state index is -0.457. The summed E-state index contributed by atoms with van der Waals surface area (Å²) in [5.74, 6) is 1.76. The van der Waals surface area contributed by atoms with Gasteiger partial charge < -0.3 is 15.4 Å². The Morgan fingerprint density at radius 3 is 2.69 bits per heavy atom. The lowest BCUT2D eigenvalue weighted by molar-refractivity contribution is -0.144. The Kier molecular flexibility index (Phi) is 9.77. The van der Waals surface area contributed by atoms with Crippen LogP contribution in [-0.4, -0.2) is 55.7 Å². The summed E-state index contributed by atoms with van der Waals surface area (Å²) in [6, 6.07) is -0.457. The van der Waals surface area contributed by atoms with Crippen molar-refractivity contribution < 1.29 is 9.53 Å². The molecule has 0 spiro atoms. The van der Waals surface area contributed by atoms with Crippen molar-refractivity contribution in [2.75, 3.05) is 38.8 Å². The van der Waals surface area contributed by atoms with E-state index in [4.69, 9.17) is 10.5 Å². The molecule has 1 atom stereocenters. The van der Waals surface area contributed by atoms with Crippen molar-refractivity contribution in [1.29, 1.82) is 0 Å². The van der Waals surface area contributed by atoms with Gasteiger partial charge in [-0.15, -0.1) is 0 Å². The number of hydrogen-bond donors (Lipinski definition) is 1. The Morgan fingerprint density at radius 1 is 1.44 bits per heavy atom. The van der Waals surface area contributed by atoms with E-state index in [2.05, 4.69) is 19.0 Å². The van der Waals surface area contributed by atoms with Crippen LogP contribution in [0.15, 0.2) is 0 Å². The number of esters is 1. The number of rotatable bonds is 9. The number of ether oxygens (including phenoxy) is 1. The second-order valence-electron chi connectivity index (χ2n) is 3.92. The number of nitrogens with two attached hydrogens (primary N) is 1. The van der Waals surface area contributed by atoms with Gasteiger partial charge in [0.05, 0.1) is 6.61 Å². The summed E-state index contributed by atoms with van der Waals surface area (Å²) in [4.78, 5) is 13.4. The highest BCUT2D eigenvalue weighted by Gasteiger charge is 2.13. The minimum Gasteiger partial charge on any atom is -0.465 e. The van der Waals surface area contributed by atoms with Crippen LogP contribution in [0, 0.1) is 0 Å². The van der Waals surface area contributed by atoms with Gasteiger partial charge in [-0.25, -0.2) is 0 Å². The first-order valence-corrected chi connectivity index (χ1v) is 6.88. The molecule has 0 aliphatic rings. The topological polar surface area (TPSA) is 55.6 Å². The largest absolute Gasteiger partial charge is 0.465 e. The Labute approximate surface area is 103 Å². The summed E-state index contributed by atoms with van der Waals surface area (Å²) in [6.07, 6.45) is 1.87. The molecule has 0 saturated heterocycles. The van der Waals surface area contributed by atoms with E-state index in [9.17, 15) is 4.79 Å². The highest BCUT2D eigenvalue weighted by atomic mass is 32.2. The molecule has 0 amide bonds. The van der Waals surface area contributed by atoms with Gasteiger partial charge in [0, 0.05) is 0 Å². The molecule has 0 fully saturated rings. The van der Waals surface area contributed by atoms with Gasteiger partial charge in [0.2, 0.25) is 0 Å². The van der Waals surface area contributed by atoms with Gasteiger partial charge in [0.15, 0.2) is 0 Å². The Hall–Kier alpha value is -0.260. The molecule has 0 aromatic rings. The normalized spacial score (nSPS) is 12.8. The standard InChI is InChI=1S/C11H24N2O2S/c1-4-15-11(14)10(12)6-9-16-8-5-7-13(2)3/h10H,4-9,12H2,1-3H3. The zero-order valence-electron chi connectivity index (χ0n) is 10.6. The monoisotopic (exact) mass is 248 g/mol. The maximum absolute atomic E-state index is 11.2. The molecule has 4 nitrogen and oxygen atoms in total. The van der Waals surface area contributed by atoms with Crippen LogP contribution in [0.1, 0.15) is 19.8 Å². The average molecular weight is 248 g/mol. The Morgan fingerprint density at radius 2 is 2.12 bits per heavy atom. The van der Waals surface area contributed by atoms with Crippen molar-refractivity contribution in [3.8, 4) is 0 Å². The number of carbonyl (C=O) groups is 1. The lowest BCUT2D eigenvalue weighted by Crippen LogP contribution is -2.32. The third-order valence-corrected chi connectivity index (χ3v) is 3.16. The van der Waals surface area contributed by atoms with Crippen LogP contribution in [0.4, 0.5) is 0 Å². The van der Waals surface area contributed by atoms with Crippen LogP contribution in [0.5, 0.6) is 0 Å². The number of nitrogens with zero attached hydrogens (tertiary/aromatic N) is 1. The van der Waals surface area contributed by atoms with Gasteiger partial charge in [0.25, 0.3) is 0 Å². The Balaban J connectivity index is 3.34. The fraction of sp³-hybridized carbons (Fsp3) is 0.909. The van der Waals surface area contributed by atoms with Crippen LogP contribution in [0.3, 0.4) is 0 Å². The zero-order valence-corrected chi connectivity index (χ0v) is 11.4. The second-order valence-corrected chi connectivity index (χ2v) is 5.14. The SMILES string of the molecule is CCOC(=O)C(N)CCSCCCN(C)C. The molecule has 1 unspecified atom stereocenters. The van der Waals surface area contributed by atoms with E-state index in [-0.39, 0.29) is 5.97 Å². The van der Waals surface area contributed by atoms with Crippen molar-refractivity contribution >= 4 is 17.7 Å². The van der Waals surface area contributed by atoms with Crippen LogP contribution >= 0.6 is 11.8 Å². The molecule has 0 heterocycles. The molecule has 2 N–H and O–H groups in total. The summed E-state index contributed by atoms with van der Waals surface area (Å²) < 4.78 is 4.83. The van der Waals surface area contributed by atoms with Crippen LogP contribution < -0.4 is 5.73 Å². The molecular weight excluding hydrogens is 224 g/mol. The van der Waals surface area contributed by atoms with Crippen LogP contribution in [0.25, 0.3) is 0 Å². The smallest absolute Gasteiger partial charge is 0.322 e. The van der Waals surface area contributed by atoms with Crippen molar-refractivity contribution in [3.63, 3.8) is 0 Å². The zero-order chi connectivity index (χ0) is 12.4. The predicted octanol–water partition coefficient (Wildman–Crippen LogP) is 0.952. The van der Waals surface area contributed by atoms with Gasteiger partial charge >= 0.3 is 5.97 Å². The quantitative estimate of drug-likeness (QED) is 0.486. The first-order chi connectivity index (χ1) is 7.57. The predicted molar refractivity (Wildman–Crippen MR) is 69.7 cm³/mol. The molecule has 0 saturated carbocycles. The van der Waals surface area contributed by atoms with Crippen molar-refractivity contribution in [1.82, 2.24) is 4.90 Å². The highest BCUT2D eigenvalue weighted by molar-refractivity contribution is 7.99. The molecule has 96 valence electrons. The van der Waals surface area contributed by atoms with Gasteiger partial charge in [-0.2, -0.15) is 11.8 Å². The molecule has 0 radical (unpaired) electrons. The molecule has 0 aromatic carbocycles. The van der Waals surface area contributed by atoms with E-state index < -0.39 is 6.04 Å². The third-order valence-electron chi connectivity index (χ3n) is 2.06. The molecule has 0 bridgehead atoms. The molecule has 16 heavy (non-hydrogen) atoms. The van der Waals surface area contributed by atoms with Gasteiger partial charge in [-0.1, -0.05) is 0 Å². The van der Waals surface area contributed by atoms with Crippen molar-refractivity contribution in [2.45, 2.75) is 25.8 Å². The molecule has 0 aliphatic heterocycles. The summed E-state index contributed by atoms with van der Waals surface area (Å²) in [6.45, 7) is 3.31. The number of carbonyl (C=O) groups excluding carboxylic acids is 1. The first-order valence-electron chi connectivity index (χ1n) is 5.72. The maximum Gasteiger partial charge on any atom is 0.322 e. The van der Waals surface area contributed by atoms with E-state index in [1.54, 1.807) is 6.92 Å². The number of thioether (sulfide) groups is 1. The van der Waals surface area contributed by atoms with Crippen molar-refractivity contribution in [2.24, 2.45) is 5.73 Å².